The Balaban J connectivity index is 1.75. The number of imidazole rings is 1. The molecule has 7 nitrogen and oxygen atoms in total. The highest BCUT2D eigenvalue weighted by Crippen LogP contribution is 2.20. The lowest BCUT2D eigenvalue weighted by Gasteiger charge is -2.21. The molecule has 2 aromatic rings. The van der Waals surface area contributed by atoms with Crippen LogP contribution in [-0.4, -0.2) is 41.5 Å². The van der Waals surface area contributed by atoms with E-state index in [0.29, 0.717) is 12.2 Å². The van der Waals surface area contributed by atoms with Gasteiger partial charge in [0.05, 0.1) is 11.5 Å². The minimum Gasteiger partial charge on any atom is -0.336 e. The summed E-state index contributed by atoms with van der Waals surface area (Å²) in [6, 6.07) is 8.39. The minimum absolute atomic E-state index is 0.00116. The van der Waals surface area contributed by atoms with Crippen molar-refractivity contribution in [3.63, 3.8) is 0 Å². The van der Waals surface area contributed by atoms with Crippen LogP contribution >= 0.6 is 0 Å². The van der Waals surface area contributed by atoms with Gasteiger partial charge in [0.25, 0.3) is 0 Å². The predicted molar refractivity (Wildman–Crippen MR) is 90.2 cm³/mol. The van der Waals surface area contributed by atoms with Gasteiger partial charge in [-0.1, -0.05) is 30.3 Å². The standard InChI is InChI=1S/C16H20N4O3S/c1-20-9-8-17-15(20)14(12-5-3-2-4-6-12)19-16(21)18-13-7-10-24(22,23)11-13/h2-6,8-9,13-14H,7,10-11H2,1H3,(H2,18,19,21)/t13-,14+/m1/s1. The van der Waals surface area contributed by atoms with E-state index in [1.807, 2.05) is 48.1 Å². The zero-order valence-electron chi connectivity index (χ0n) is 13.3. The van der Waals surface area contributed by atoms with Gasteiger partial charge >= 0.3 is 6.03 Å². The number of aromatic nitrogens is 2. The second kappa shape index (κ2) is 6.64. The van der Waals surface area contributed by atoms with Gasteiger partial charge in [-0.05, 0) is 12.0 Å². The molecule has 2 amide bonds. The molecule has 1 aromatic carbocycles. The Morgan fingerprint density at radius 1 is 1.33 bits per heavy atom. The number of amides is 2. The monoisotopic (exact) mass is 348 g/mol. The second-order valence-electron chi connectivity index (χ2n) is 5.96. The molecule has 1 saturated heterocycles. The van der Waals surface area contributed by atoms with E-state index in [9.17, 15) is 13.2 Å². The van der Waals surface area contributed by atoms with Gasteiger partial charge in [-0.25, -0.2) is 18.2 Å². The molecule has 1 aromatic heterocycles. The summed E-state index contributed by atoms with van der Waals surface area (Å²) in [4.78, 5) is 16.7. The zero-order chi connectivity index (χ0) is 17.2. The number of hydrogen-bond donors (Lipinski definition) is 2. The van der Waals surface area contributed by atoms with Gasteiger partial charge in [0.15, 0.2) is 9.84 Å². The van der Waals surface area contributed by atoms with Crippen molar-refractivity contribution < 1.29 is 13.2 Å². The lowest BCUT2D eigenvalue weighted by Crippen LogP contribution is -2.44. The van der Waals surface area contributed by atoms with Gasteiger partial charge in [-0.15, -0.1) is 0 Å². The van der Waals surface area contributed by atoms with Crippen LogP contribution in [0, 0.1) is 0 Å². The van der Waals surface area contributed by atoms with Gasteiger partial charge < -0.3 is 15.2 Å². The highest BCUT2D eigenvalue weighted by molar-refractivity contribution is 7.91. The fourth-order valence-electron chi connectivity index (χ4n) is 2.86. The summed E-state index contributed by atoms with van der Waals surface area (Å²) in [5, 5.41) is 5.65. The summed E-state index contributed by atoms with van der Waals surface area (Å²) in [5.74, 6) is 0.827. The van der Waals surface area contributed by atoms with Crippen LogP contribution in [0.4, 0.5) is 4.79 Å². The quantitative estimate of drug-likeness (QED) is 0.862. The Labute approximate surface area is 141 Å². The van der Waals surface area contributed by atoms with Crippen molar-refractivity contribution in [3.8, 4) is 0 Å². The summed E-state index contributed by atoms with van der Waals surface area (Å²) in [6.07, 6.45) is 3.94. The lowest BCUT2D eigenvalue weighted by atomic mass is 10.1. The van der Waals surface area contributed by atoms with Crippen LogP contribution in [-0.2, 0) is 16.9 Å². The molecule has 2 heterocycles. The van der Waals surface area contributed by atoms with E-state index in [0.717, 1.165) is 5.56 Å². The van der Waals surface area contributed by atoms with E-state index in [2.05, 4.69) is 15.6 Å². The summed E-state index contributed by atoms with van der Waals surface area (Å²) in [6.45, 7) is 0. The van der Waals surface area contributed by atoms with E-state index in [-0.39, 0.29) is 17.5 Å². The molecular formula is C16H20N4O3S. The molecule has 0 saturated carbocycles. The SMILES string of the molecule is Cn1ccnc1[C@@H](NC(=O)N[C@@H]1CCS(=O)(=O)C1)c1ccccc1. The van der Waals surface area contributed by atoms with Crippen molar-refractivity contribution in [2.24, 2.45) is 7.05 Å². The van der Waals surface area contributed by atoms with E-state index < -0.39 is 21.9 Å². The van der Waals surface area contributed by atoms with Crippen molar-refractivity contribution in [3.05, 3.63) is 54.1 Å². The molecule has 0 aliphatic carbocycles. The zero-order valence-corrected chi connectivity index (χ0v) is 14.2. The second-order valence-corrected chi connectivity index (χ2v) is 8.19. The number of urea groups is 1. The summed E-state index contributed by atoms with van der Waals surface area (Å²) in [5.41, 5.74) is 0.904. The van der Waals surface area contributed by atoms with Crippen LogP contribution in [0.25, 0.3) is 0 Å². The molecule has 1 fully saturated rings. The number of hydrogen-bond acceptors (Lipinski definition) is 4. The molecule has 128 valence electrons. The van der Waals surface area contributed by atoms with Crippen LogP contribution in [0.5, 0.6) is 0 Å². The van der Waals surface area contributed by atoms with Crippen molar-refractivity contribution in [2.45, 2.75) is 18.5 Å². The molecule has 8 heteroatoms. The van der Waals surface area contributed by atoms with Crippen LogP contribution in [0.15, 0.2) is 42.7 Å². The predicted octanol–water partition coefficient (Wildman–Crippen LogP) is 0.996. The summed E-state index contributed by atoms with van der Waals surface area (Å²) >= 11 is 0. The Hall–Kier alpha value is -2.35. The fourth-order valence-corrected chi connectivity index (χ4v) is 4.54. The number of nitrogens with zero attached hydrogens (tertiary/aromatic N) is 2. The van der Waals surface area contributed by atoms with Crippen molar-refractivity contribution in [1.29, 1.82) is 0 Å². The number of benzene rings is 1. The van der Waals surface area contributed by atoms with E-state index in [4.69, 9.17) is 0 Å². The molecular weight excluding hydrogens is 328 g/mol. The summed E-state index contributed by atoms with van der Waals surface area (Å²) < 4.78 is 24.9. The first kappa shape index (κ1) is 16.5. The third kappa shape index (κ3) is 3.76. The molecule has 0 spiro atoms. The maximum atomic E-state index is 12.3. The van der Waals surface area contributed by atoms with E-state index in [1.54, 1.807) is 6.20 Å². The van der Waals surface area contributed by atoms with Crippen LogP contribution in [0.2, 0.25) is 0 Å². The van der Waals surface area contributed by atoms with Gasteiger partial charge in [-0.3, -0.25) is 0 Å². The number of nitrogens with one attached hydrogen (secondary N) is 2. The molecule has 2 N–H and O–H groups in total. The third-order valence-corrected chi connectivity index (χ3v) is 5.86. The highest BCUT2D eigenvalue weighted by atomic mass is 32.2. The van der Waals surface area contributed by atoms with Crippen molar-refractivity contribution in [2.75, 3.05) is 11.5 Å². The topological polar surface area (TPSA) is 93.1 Å². The first-order valence-electron chi connectivity index (χ1n) is 7.74. The lowest BCUT2D eigenvalue weighted by molar-refractivity contribution is 0.235. The molecule has 0 unspecified atom stereocenters. The number of sulfone groups is 1. The first-order chi connectivity index (χ1) is 11.4. The third-order valence-electron chi connectivity index (χ3n) is 4.09. The molecule has 2 atom stereocenters. The van der Waals surface area contributed by atoms with E-state index in [1.165, 1.54) is 0 Å². The Bertz CT molecular complexity index is 817. The Kier molecular flexibility index (Phi) is 4.57. The van der Waals surface area contributed by atoms with Crippen LogP contribution < -0.4 is 10.6 Å². The van der Waals surface area contributed by atoms with Gasteiger partial charge in [-0.2, -0.15) is 0 Å². The Morgan fingerprint density at radius 3 is 2.67 bits per heavy atom. The number of rotatable bonds is 4. The highest BCUT2D eigenvalue weighted by Gasteiger charge is 2.30. The largest absolute Gasteiger partial charge is 0.336 e. The minimum atomic E-state index is -3.03. The number of aryl methyl sites for hydroxylation is 1. The molecule has 0 radical (unpaired) electrons. The Morgan fingerprint density at radius 2 is 2.08 bits per heavy atom. The first-order valence-corrected chi connectivity index (χ1v) is 9.56. The molecule has 24 heavy (non-hydrogen) atoms. The maximum Gasteiger partial charge on any atom is 0.315 e. The molecule has 1 aliphatic rings. The average Bonchev–Trinajstić information content (AvgIpc) is 3.11. The van der Waals surface area contributed by atoms with Crippen molar-refractivity contribution >= 4 is 15.9 Å². The smallest absolute Gasteiger partial charge is 0.315 e. The van der Waals surface area contributed by atoms with Gasteiger partial charge in [0.1, 0.15) is 11.9 Å². The van der Waals surface area contributed by atoms with Gasteiger partial charge in [0, 0.05) is 25.5 Å². The average molecular weight is 348 g/mol. The van der Waals surface area contributed by atoms with Crippen LogP contribution in [0.3, 0.4) is 0 Å². The molecule has 3 rings (SSSR count). The van der Waals surface area contributed by atoms with Crippen LogP contribution in [0.1, 0.15) is 23.9 Å². The maximum absolute atomic E-state index is 12.3. The van der Waals surface area contributed by atoms with Gasteiger partial charge in [0.2, 0.25) is 0 Å². The molecule has 0 bridgehead atoms. The summed E-state index contributed by atoms with van der Waals surface area (Å²) in [7, 11) is -1.17. The van der Waals surface area contributed by atoms with Crippen molar-refractivity contribution in [1.82, 2.24) is 20.2 Å². The number of carbonyl (C=O) groups excluding carboxylic acids is 1. The molecule has 1 aliphatic heterocycles. The fraction of sp³-hybridized carbons (Fsp3) is 0.375. The van der Waals surface area contributed by atoms with E-state index >= 15 is 0 Å². The number of carbonyl (C=O) groups is 1. The normalized spacial score (nSPS) is 20.5.